The van der Waals surface area contributed by atoms with Crippen LogP contribution in [0, 0.1) is 0 Å². The minimum Gasteiger partial charge on any atom is -0.399 e. The topological polar surface area (TPSA) is 55.3 Å². The van der Waals surface area contributed by atoms with Gasteiger partial charge in [-0.2, -0.15) is 0 Å². The molecule has 0 aliphatic heterocycles. The molecule has 0 aliphatic rings. The molecule has 1 aromatic carbocycles. The summed E-state index contributed by atoms with van der Waals surface area (Å²) < 4.78 is 2.48. The number of nitrogens with two attached hydrogens (primary N) is 2. The van der Waals surface area contributed by atoms with Crippen LogP contribution in [0.1, 0.15) is 31.2 Å². The van der Waals surface area contributed by atoms with E-state index >= 15 is 0 Å². The summed E-state index contributed by atoms with van der Waals surface area (Å²) in [5.74, 6) is 0. The maximum absolute atomic E-state index is 5.88. The van der Waals surface area contributed by atoms with Crippen molar-refractivity contribution < 1.29 is 0 Å². The van der Waals surface area contributed by atoms with Crippen molar-refractivity contribution >= 4 is 56.6 Å². The van der Waals surface area contributed by atoms with Crippen molar-refractivity contribution in [3.05, 3.63) is 23.8 Å². The summed E-state index contributed by atoms with van der Waals surface area (Å²) >= 11 is 4.90. The van der Waals surface area contributed by atoms with E-state index in [-0.39, 0.29) is 0 Å². The average Bonchev–Trinajstić information content (AvgIpc) is 2.38. The van der Waals surface area contributed by atoms with E-state index in [9.17, 15) is 0 Å². The fraction of sp³-hybridized carbons (Fsp3) is 0.600. The minimum absolute atomic E-state index is 0.763. The molecule has 0 bridgehead atoms. The van der Waals surface area contributed by atoms with Gasteiger partial charge in [-0.1, -0.05) is 45.2 Å². The lowest BCUT2D eigenvalue weighted by Crippen LogP contribution is -2.26. The van der Waals surface area contributed by atoms with Gasteiger partial charge in [0.1, 0.15) is 0 Å². The van der Waals surface area contributed by atoms with Crippen molar-refractivity contribution in [1.29, 1.82) is 0 Å². The SMILES string of the molecule is Nc1cc(N)cc(CN(CCCCI)CCCCI)c1. The zero-order valence-corrected chi connectivity index (χ0v) is 16.3. The summed E-state index contributed by atoms with van der Waals surface area (Å²) in [6, 6.07) is 5.90. The molecule has 4 N–H and O–H groups in total. The third-order valence-corrected chi connectivity index (χ3v) is 4.69. The molecule has 0 radical (unpaired) electrons. The number of nitrogens with zero attached hydrogens (tertiary/aromatic N) is 1. The molecule has 0 fully saturated rings. The van der Waals surface area contributed by atoms with E-state index in [4.69, 9.17) is 11.5 Å². The first kappa shape index (κ1) is 18.3. The maximum Gasteiger partial charge on any atom is 0.0337 e. The van der Waals surface area contributed by atoms with E-state index in [1.165, 1.54) is 53.2 Å². The molecule has 0 unspecified atom stereocenters. The number of benzene rings is 1. The average molecular weight is 501 g/mol. The van der Waals surface area contributed by atoms with Crippen LogP contribution >= 0.6 is 45.2 Å². The van der Waals surface area contributed by atoms with Gasteiger partial charge in [-0.25, -0.2) is 0 Å². The number of hydrogen-bond acceptors (Lipinski definition) is 3. The largest absolute Gasteiger partial charge is 0.399 e. The Morgan fingerprint density at radius 3 is 1.75 bits per heavy atom. The van der Waals surface area contributed by atoms with Crippen molar-refractivity contribution in [3.63, 3.8) is 0 Å². The van der Waals surface area contributed by atoms with Gasteiger partial charge >= 0.3 is 0 Å². The van der Waals surface area contributed by atoms with Crippen LogP contribution in [0.5, 0.6) is 0 Å². The standard InChI is InChI=1S/C15H25I2N3/c16-5-1-3-7-20(8-4-2-6-17)12-13-9-14(18)11-15(19)10-13/h9-11H,1-8,12,18-19H2. The monoisotopic (exact) mass is 501 g/mol. The second-order valence-corrected chi connectivity index (χ2v) is 7.23. The minimum atomic E-state index is 0.763. The molecule has 20 heavy (non-hydrogen) atoms. The van der Waals surface area contributed by atoms with Crippen LogP contribution in [-0.2, 0) is 6.54 Å². The molecule has 0 saturated heterocycles. The van der Waals surface area contributed by atoms with Gasteiger partial charge in [0.25, 0.3) is 0 Å². The summed E-state index contributed by atoms with van der Waals surface area (Å²) in [5.41, 5.74) is 14.5. The first-order valence-electron chi connectivity index (χ1n) is 7.15. The fourth-order valence-electron chi connectivity index (χ4n) is 2.22. The first-order chi connectivity index (χ1) is 9.65. The highest BCUT2D eigenvalue weighted by atomic mass is 127. The molecular weight excluding hydrogens is 476 g/mol. The molecule has 5 heteroatoms. The molecule has 1 rings (SSSR count). The van der Waals surface area contributed by atoms with Crippen molar-refractivity contribution in [1.82, 2.24) is 4.90 Å². The van der Waals surface area contributed by atoms with E-state index in [1.54, 1.807) is 0 Å². The second-order valence-electron chi connectivity index (χ2n) is 5.08. The van der Waals surface area contributed by atoms with E-state index in [1.807, 2.05) is 18.2 Å². The Bertz CT molecular complexity index is 355. The maximum atomic E-state index is 5.88. The van der Waals surface area contributed by atoms with Crippen molar-refractivity contribution in [2.75, 3.05) is 33.4 Å². The highest BCUT2D eigenvalue weighted by Crippen LogP contribution is 2.16. The predicted molar refractivity (Wildman–Crippen MR) is 107 cm³/mol. The molecule has 0 atom stereocenters. The van der Waals surface area contributed by atoms with Gasteiger partial charge in [0.2, 0.25) is 0 Å². The summed E-state index contributed by atoms with van der Waals surface area (Å²) in [7, 11) is 0. The molecular formula is C15H25I2N3. The van der Waals surface area contributed by atoms with Crippen LogP contribution in [0.2, 0.25) is 0 Å². The first-order valence-corrected chi connectivity index (χ1v) is 10.2. The van der Waals surface area contributed by atoms with Gasteiger partial charge in [-0.3, -0.25) is 4.90 Å². The normalized spacial score (nSPS) is 11.2. The number of halogens is 2. The van der Waals surface area contributed by atoms with E-state index in [2.05, 4.69) is 50.1 Å². The molecule has 0 amide bonds. The molecule has 0 aromatic heterocycles. The molecule has 1 aromatic rings. The highest BCUT2D eigenvalue weighted by molar-refractivity contribution is 14.1. The Kier molecular flexibility index (Phi) is 9.96. The quantitative estimate of drug-likeness (QED) is 0.220. The number of alkyl halides is 2. The molecule has 0 aliphatic carbocycles. The Balaban J connectivity index is 2.56. The van der Waals surface area contributed by atoms with Crippen molar-refractivity contribution in [2.24, 2.45) is 0 Å². The highest BCUT2D eigenvalue weighted by Gasteiger charge is 2.07. The lowest BCUT2D eigenvalue weighted by Gasteiger charge is -2.22. The molecule has 3 nitrogen and oxygen atoms in total. The third-order valence-electron chi connectivity index (χ3n) is 3.16. The smallest absolute Gasteiger partial charge is 0.0337 e. The zero-order chi connectivity index (χ0) is 14.8. The lowest BCUT2D eigenvalue weighted by atomic mass is 10.1. The lowest BCUT2D eigenvalue weighted by molar-refractivity contribution is 0.258. The van der Waals surface area contributed by atoms with Crippen LogP contribution in [0.15, 0.2) is 18.2 Å². The van der Waals surface area contributed by atoms with E-state index < -0.39 is 0 Å². The fourth-order valence-corrected chi connectivity index (χ4v) is 3.30. The zero-order valence-electron chi connectivity index (χ0n) is 12.0. The third kappa shape index (κ3) is 7.87. The van der Waals surface area contributed by atoms with E-state index in [0.29, 0.717) is 0 Å². The van der Waals surface area contributed by atoms with Crippen LogP contribution in [0.4, 0.5) is 11.4 Å². The Hall–Kier alpha value is 0.240. The molecule has 0 spiro atoms. The number of anilines is 2. The summed E-state index contributed by atoms with van der Waals surface area (Å²) in [4.78, 5) is 2.53. The van der Waals surface area contributed by atoms with Crippen LogP contribution < -0.4 is 11.5 Å². The summed E-state index contributed by atoms with van der Waals surface area (Å²) in [5, 5.41) is 0. The number of unbranched alkanes of at least 4 members (excludes halogenated alkanes) is 2. The predicted octanol–water partition coefficient (Wildman–Crippen LogP) is 4.08. The number of hydrogen-bond donors (Lipinski definition) is 2. The van der Waals surface area contributed by atoms with Crippen molar-refractivity contribution in [3.8, 4) is 0 Å². The van der Waals surface area contributed by atoms with E-state index in [0.717, 1.165) is 17.9 Å². The van der Waals surface area contributed by atoms with Crippen LogP contribution in [-0.4, -0.2) is 26.8 Å². The van der Waals surface area contributed by atoms with Gasteiger partial charge in [-0.15, -0.1) is 0 Å². The Labute approximate surface area is 150 Å². The van der Waals surface area contributed by atoms with Gasteiger partial charge < -0.3 is 11.5 Å². The van der Waals surface area contributed by atoms with Crippen molar-refractivity contribution in [2.45, 2.75) is 32.2 Å². The molecule has 0 saturated carbocycles. The Morgan fingerprint density at radius 1 is 0.800 bits per heavy atom. The summed E-state index contributed by atoms with van der Waals surface area (Å²) in [6.07, 6.45) is 5.13. The summed E-state index contributed by atoms with van der Waals surface area (Å²) in [6.45, 7) is 3.29. The number of nitrogen functional groups attached to an aromatic ring is 2. The van der Waals surface area contributed by atoms with Gasteiger partial charge in [0, 0.05) is 17.9 Å². The molecule has 114 valence electrons. The molecule has 0 heterocycles. The number of rotatable bonds is 10. The Morgan fingerprint density at radius 2 is 1.30 bits per heavy atom. The van der Waals surface area contributed by atoms with Crippen LogP contribution in [0.3, 0.4) is 0 Å². The van der Waals surface area contributed by atoms with Crippen LogP contribution in [0.25, 0.3) is 0 Å². The van der Waals surface area contributed by atoms with Gasteiger partial charge in [0.05, 0.1) is 0 Å². The van der Waals surface area contributed by atoms with Gasteiger partial charge in [-0.05, 0) is 71.4 Å². The van der Waals surface area contributed by atoms with Gasteiger partial charge in [0.15, 0.2) is 0 Å². The second kappa shape index (κ2) is 10.9.